The molecule has 0 unspecified atom stereocenters. The summed E-state index contributed by atoms with van der Waals surface area (Å²) in [7, 11) is 0. The molecule has 0 saturated carbocycles. The fourth-order valence-electron chi connectivity index (χ4n) is 3.58. The predicted octanol–water partition coefficient (Wildman–Crippen LogP) is 1.18. The Hall–Kier alpha value is -2.18. The maximum absolute atomic E-state index is 13.1. The van der Waals surface area contributed by atoms with Crippen molar-refractivity contribution in [3.63, 3.8) is 0 Å². The van der Waals surface area contributed by atoms with Crippen molar-refractivity contribution in [1.29, 1.82) is 0 Å². The molecule has 0 atom stereocenters. The topological polar surface area (TPSA) is 64.1 Å². The molecule has 2 aliphatic rings. The van der Waals surface area contributed by atoms with Crippen LogP contribution >= 0.6 is 0 Å². The minimum absolute atomic E-state index is 0.139. The molecule has 6 nitrogen and oxygen atoms in total. The van der Waals surface area contributed by atoms with Gasteiger partial charge in [0, 0.05) is 39.3 Å². The third-order valence-electron chi connectivity index (χ3n) is 5.05. The molecule has 1 aromatic carbocycles. The Morgan fingerprint density at radius 3 is 2.27 bits per heavy atom. The van der Waals surface area contributed by atoms with Crippen LogP contribution in [0.4, 0.5) is 0 Å². The smallest absolute Gasteiger partial charge is 0.277 e. The number of unbranched alkanes of at least 4 members (excludes halogenated alkanes) is 1. The summed E-state index contributed by atoms with van der Waals surface area (Å²) in [6, 6.07) is 9.49. The number of carbonyl (C=O) groups excluding carboxylic acids is 2. The molecule has 2 heterocycles. The number of amides is 2. The van der Waals surface area contributed by atoms with Crippen molar-refractivity contribution in [3.05, 3.63) is 41.6 Å². The van der Waals surface area contributed by atoms with Crippen LogP contribution < -0.4 is 0 Å². The SMILES string of the molecule is CCCCN1C(=O)C(c2ccccc2)=C(N2CCN(CCO)CC2)C1=O. The van der Waals surface area contributed by atoms with Gasteiger partial charge in [-0.05, 0) is 12.0 Å². The van der Waals surface area contributed by atoms with Gasteiger partial charge in [-0.1, -0.05) is 43.7 Å². The van der Waals surface area contributed by atoms with Gasteiger partial charge >= 0.3 is 0 Å². The van der Waals surface area contributed by atoms with E-state index in [1.807, 2.05) is 35.2 Å². The zero-order valence-electron chi connectivity index (χ0n) is 15.4. The van der Waals surface area contributed by atoms with Crippen molar-refractivity contribution in [3.8, 4) is 0 Å². The Kier molecular flexibility index (Phi) is 6.06. The number of β-amino-alcohol motifs (C(OH)–C–C–N with tert-alkyl or cyclic N) is 1. The molecule has 3 rings (SSSR count). The lowest BCUT2D eigenvalue weighted by atomic mass is 10.0. The third-order valence-corrected chi connectivity index (χ3v) is 5.05. The summed E-state index contributed by atoms with van der Waals surface area (Å²) in [5.41, 5.74) is 1.88. The van der Waals surface area contributed by atoms with Crippen LogP contribution in [-0.2, 0) is 9.59 Å². The normalized spacial score (nSPS) is 19.0. The van der Waals surface area contributed by atoms with Crippen LogP contribution in [0.3, 0.4) is 0 Å². The molecule has 1 aromatic rings. The van der Waals surface area contributed by atoms with Crippen LogP contribution in [0.1, 0.15) is 25.3 Å². The molecule has 2 amide bonds. The van der Waals surface area contributed by atoms with E-state index in [4.69, 9.17) is 5.11 Å². The molecule has 26 heavy (non-hydrogen) atoms. The van der Waals surface area contributed by atoms with Crippen molar-refractivity contribution in [2.45, 2.75) is 19.8 Å². The number of aliphatic hydroxyl groups is 1. The van der Waals surface area contributed by atoms with Crippen LogP contribution in [0.15, 0.2) is 36.0 Å². The lowest BCUT2D eigenvalue weighted by molar-refractivity contribution is -0.137. The average molecular weight is 357 g/mol. The highest BCUT2D eigenvalue weighted by atomic mass is 16.3. The van der Waals surface area contributed by atoms with Gasteiger partial charge in [0.1, 0.15) is 5.70 Å². The van der Waals surface area contributed by atoms with E-state index in [-0.39, 0.29) is 18.4 Å². The molecule has 140 valence electrons. The molecule has 2 aliphatic heterocycles. The van der Waals surface area contributed by atoms with Crippen molar-refractivity contribution in [1.82, 2.24) is 14.7 Å². The Balaban J connectivity index is 1.90. The summed E-state index contributed by atoms with van der Waals surface area (Å²) in [5.74, 6) is -0.347. The number of hydrogen-bond acceptors (Lipinski definition) is 5. The number of nitrogens with zero attached hydrogens (tertiary/aromatic N) is 3. The first-order chi connectivity index (χ1) is 12.7. The number of rotatable bonds is 7. The second kappa shape index (κ2) is 8.47. The second-order valence-electron chi connectivity index (χ2n) is 6.76. The van der Waals surface area contributed by atoms with Gasteiger partial charge in [0.05, 0.1) is 12.2 Å². The van der Waals surface area contributed by atoms with Gasteiger partial charge in [0.15, 0.2) is 0 Å². The zero-order chi connectivity index (χ0) is 18.5. The predicted molar refractivity (Wildman–Crippen MR) is 100 cm³/mol. The molecular weight excluding hydrogens is 330 g/mol. The van der Waals surface area contributed by atoms with Crippen LogP contribution in [0.25, 0.3) is 5.57 Å². The summed E-state index contributed by atoms with van der Waals surface area (Å²) in [6.45, 7) is 6.24. The highest BCUT2D eigenvalue weighted by Gasteiger charge is 2.41. The molecule has 0 radical (unpaired) electrons. The fourth-order valence-corrected chi connectivity index (χ4v) is 3.58. The zero-order valence-corrected chi connectivity index (χ0v) is 15.4. The molecule has 0 spiro atoms. The number of imide groups is 1. The highest BCUT2D eigenvalue weighted by Crippen LogP contribution is 2.32. The van der Waals surface area contributed by atoms with Gasteiger partial charge in [0.25, 0.3) is 11.8 Å². The maximum atomic E-state index is 13.1. The van der Waals surface area contributed by atoms with Crippen molar-refractivity contribution < 1.29 is 14.7 Å². The van der Waals surface area contributed by atoms with E-state index in [1.54, 1.807) is 0 Å². The molecule has 1 N–H and O–H groups in total. The molecule has 0 bridgehead atoms. The Labute approximate surface area is 154 Å². The van der Waals surface area contributed by atoms with Gasteiger partial charge in [-0.15, -0.1) is 0 Å². The lowest BCUT2D eigenvalue weighted by Crippen LogP contribution is -2.48. The lowest BCUT2D eigenvalue weighted by Gasteiger charge is -2.36. The van der Waals surface area contributed by atoms with Crippen LogP contribution in [0.2, 0.25) is 0 Å². The molecular formula is C20H27N3O3. The van der Waals surface area contributed by atoms with Gasteiger partial charge in [0.2, 0.25) is 0 Å². The summed E-state index contributed by atoms with van der Waals surface area (Å²) in [5, 5.41) is 9.11. The highest BCUT2D eigenvalue weighted by molar-refractivity contribution is 6.35. The largest absolute Gasteiger partial charge is 0.395 e. The quantitative estimate of drug-likeness (QED) is 0.743. The van der Waals surface area contributed by atoms with Gasteiger partial charge in [-0.3, -0.25) is 19.4 Å². The minimum atomic E-state index is -0.178. The number of piperazine rings is 1. The van der Waals surface area contributed by atoms with E-state index in [9.17, 15) is 9.59 Å². The first-order valence-corrected chi connectivity index (χ1v) is 9.41. The summed E-state index contributed by atoms with van der Waals surface area (Å²) < 4.78 is 0. The van der Waals surface area contributed by atoms with Gasteiger partial charge in [-0.2, -0.15) is 0 Å². The van der Waals surface area contributed by atoms with E-state index in [1.165, 1.54) is 4.90 Å². The average Bonchev–Trinajstić information content (AvgIpc) is 2.92. The summed E-state index contributed by atoms with van der Waals surface area (Å²) in [6.07, 6.45) is 1.75. The van der Waals surface area contributed by atoms with Gasteiger partial charge < -0.3 is 10.0 Å². The number of benzene rings is 1. The molecule has 1 fully saturated rings. The van der Waals surface area contributed by atoms with E-state index in [0.29, 0.717) is 37.4 Å². The molecule has 0 aromatic heterocycles. The van der Waals surface area contributed by atoms with Crippen LogP contribution in [-0.4, -0.2) is 77.5 Å². The third kappa shape index (κ3) is 3.66. The summed E-state index contributed by atoms with van der Waals surface area (Å²) in [4.78, 5) is 31.7. The van der Waals surface area contributed by atoms with Gasteiger partial charge in [-0.25, -0.2) is 0 Å². The van der Waals surface area contributed by atoms with Crippen LogP contribution in [0, 0.1) is 0 Å². The van der Waals surface area contributed by atoms with Crippen molar-refractivity contribution in [2.75, 3.05) is 45.9 Å². The Bertz CT molecular complexity index is 679. The first-order valence-electron chi connectivity index (χ1n) is 9.41. The van der Waals surface area contributed by atoms with E-state index >= 15 is 0 Å². The minimum Gasteiger partial charge on any atom is -0.395 e. The Morgan fingerprint density at radius 1 is 0.962 bits per heavy atom. The fraction of sp³-hybridized carbons (Fsp3) is 0.500. The van der Waals surface area contributed by atoms with Crippen molar-refractivity contribution in [2.24, 2.45) is 0 Å². The standard InChI is InChI=1S/C20H27N3O3/c1-2-3-9-23-19(25)17(16-7-5-4-6-8-16)18(20(23)26)22-12-10-21(11-13-22)14-15-24/h4-8,24H,2-3,9-15H2,1H3. The van der Waals surface area contributed by atoms with E-state index in [2.05, 4.69) is 11.8 Å². The number of aliphatic hydroxyl groups excluding tert-OH is 1. The van der Waals surface area contributed by atoms with Crippen molar-refractivity contribution >= 4 is 17.4 Å². The molecule has 0 aliphatic carbocycles. The summed E-state index contributed by atoms with van der Waals surface area (Å²) >= 11 is 0. The van der Waals surface area contributed by atoms with E-state index < -0.39 is 0 Å². The number of hydrogen-bond donors (Lipinski definition) is 1. The Morgan fingerprint density at radius 2 is 1.65 bits per heavy atom. The molecule has 6 heteroatoms. The molecule has 1 saturated heterocycles. The second-order valence-corrected chi connectivity index (χ2v) is 6.76. The monoisotopic (exact) mass is 357 g/mol. The first kappa shape index (κ1) is 18.6. The number of carbonyl (C=O) groups is 2. The van der Waals surface area contributed by atoms with E-state index in [0.717, 1.165) is 31.5 Å². The van der Waals surface area contributed by atoms with Crippen LogP contribution in [0.5, 0.6) is 0 Å². The maximum Gasteiger partial charge on any atom is 0.277 e.